The predicted molar refractivity (Wildman–Crippen MR) is 118 cm³/mol. The van der Waals surface area contributed by atoms with Crippen molar-refractivity contribution in [2.24, 2.45) is 0 Å². The molecule has 3 aromatic heterocycles. The number of aromatic nitrogens is 5. The average molecular weight is 413 g/mol. The summed E-state index contributed by atoms with van der Waals surface area (Å²) < 4.78 is 1.65. The summed E-state index contributed by atoms with van der Waals surface area (Å²) in [4.78, 5) is 35.5. The second-order valence-electron chi connectivity index (χ2n) is 7.03. The van der Waals surface area contributed by atoms with Gasteiger partial charge in [0.1, 0.15) is 5.82 Å². The van der Waals surface area contributed by atoms with E-state index in [-0.39, 0.29) is 17.5 Å². The molecule has 31 heavy (non-hydrogen) atoms. The second kappa shape index (κ2) is 7.13. The number of benzene rings is 2. The number of imidazole rings is 1. The standard InChI is InChI=1S/C22H19N7O2/c1-23-21-14(19(30)18-9-12-5-3-4-6-15(12)26-18)11-25-29(21)13-7-8-16-17(10-13)28-20(27-16)22(31)24-2/h3-11,23,26H,1-2H3,(H,24,31)(H,27,28). The van der Waals surface area contributed by atoms with Crippen molar-refractivity contribution in [3.05, 3.63) is 71.8 Å². The molecule has 3 heterocycles. The van der Waals surface area contributed by atoms with Crippen LogP contribution in [0.1, 0.15) is 26.7 Å². The molecule has 0 radical (unpaired) electrons. The maximum atomic E-state index is 13.2. The topological polar surface area (TPSA) is 120 Å². The van der Waals surface area contributed by atoms with E-state index in [9.17, 15) is 9.59 Å². The van der Waals surface area contributed by atoms with Crippen molar-refractivity contribution in [3.63, 3.8) is 0 Å². The Hall–Kier alpha value is -4.40. The molecule has 2 aromatic carbocycles. The molecule has 0 bridgehead atoms. The lowest BCUT2D eigenvalue weighted by atomic mass is 10.1. The van der Waals surface area contributed by atoms with Crippen LogP contribution < -0.4 is 10.6 Å². The van der Waals surface area contributed by atoms with E-state index >= 15 is 0 Å². The van der Waals surface area contributed by atoms with Gasteiger partial charge in [0, 0.05) is 25.0 Å². The molecule has 0 saturated heterocycles. The molecule has 154 valence electrons. The first-order chi connectivity index (χ1) is 15.1. The van der Waals surface area contributed by atoms with Gasteiger partial charge < -0.3 is 20.6 Å². The minimum Gasteiger partial charge on any atom is -0.372 e. The van der Waals surface area contributed by atoms with Gasteiger partial charge in [-0.05, 0) is 30.3 Å². The molecule has 0 spiro atoms. The fraction of sp³-hybridized carbons (Fsp3) is 0.0909. The van der Waals surface area contributed by atoms with E-state index in [1.807, 2.05) is 42.5 Å². The normalized spacial score (nSPS) is 11.2. The number of nitrogens with one attached hydrogen (secondary N) is 4. The SMILES string of the molecule is CNC(=O)c1nc2ccc(-n3ncc(C(=O)c4cc5ccccc5[nH]4)c3NC)cc2[nH]1. The van der Waals surface area contributed by atoms with Crippen molar-refractivity contribution in [1.82, 2.24) is 30.0 Å². The molecular weight excluding hydrogens is 394 g/mol. The third kappa shape index (κ3) is 3.03. The number of carbonyl (C=O) groups excluding carboxylic acids is 2. The number of carbonyl (C=O) groups is 2. The van der Waals surface area contributed by atoms with Crippen LogP contribution in [0.4, 0.5) is 5.82 Å². The zero-order valence-corrected chi connectivity index (χ0v) is 16.9. The summed E-state index contributed by atoms with van der Waals surface area (Å²) in [7, 11) is 3.30. The lowest BCUT2D eigenvalue weighted by Crippen LogP contribution is -2.19. The van der Waals surface area contributed by atoms with Gasteiger partial charge in [0.25, 0.3) is 5.91 Å². The van der Waals surface area contributed by atoms with Crippen LogP contribution in [0.15, 0.2) is 54.7 Å². The Morgan fingerprint density at radius 2 is 1.84 bits per heavy atom. The van der Waals surface area contributed by atoms with Crippen LogP contribution in [0.2, 0.25) is 0 Å². The second-order valence-corrected chi connectivity index (χ2v) is 7.03. The number of hydrogen-bond donors (Lipinski definition) is 4. The van der Waals surface area contributed by atoms with Crippen molar-refractivity contribution in [2.45, 2.75) is 0 Å². The zero-order valence-electron chi connectivity index (χ0n) is 16.9. The summed E-state index contributed by atoms with van der Waals surface area (Å²) in [6.45, 7) is 0. The number of aromatic amines is 2. The lowest BCUT2D eigenvalue weighted by molar-refractivity contribution is 0.0953. The predicted octanol–water partition coefficient (Wildman–Crippen LogP) is 2.86. The number of hydrogen-bond acceptors (Lipinski definition) is 5. The molecule has 4 N–H and O–H groups in total. The summed E-state index contributed by atoms with van der Waals surface area (Å²) >= 11 is 0. The van der Waals surface area contributed by atoms with Crippen LogP contribution in [0.3, 0.4) is 0 Å². The zero-order chi connectivity index (χ0) is 21.5. The molecule has 0 fully saturated rings. The molecule has 0 unspecified atom stereocenters. The van der Waals surface area contributed by atoms with Gasteiger partial charge in [-0.2, -0.15) is 5.10 Å². The van der Waals surface area contributed by atoms with Gasteiger partial charge >= 0.3 is 0 Å². The summed E-state index contributed by atoms with van der Waals surface area (Å²) in [5.41, 5.74) is 3.92. The molecule has 5 rings (SSSR count). The van der Waals surface area contributed by atoms with E-state index < -0.39 is 0 Å². The van der Waals surface area contributed by atoms with Crippen LogP contribution in [0.25, 0.3) is 27.6 Å². The Morgan fingerprint density at radius 3 is 2.61 bits per heavy atom. The number of nitrogens with zero attached hydrogens (tertiary/aromatic N) is 3. The minimum atomic E-state index is -0.293. The molecular formula is C22H19N7O2. The van der Waals surface area contributed by atoms with E-state index in [1.165, 1.54) is 0 Å². The van der Waals surface area contributed by atoms with Crippen molar-refractivity contribution < 1.29 is 9.59 Å². The third-order valence-electron chi connectivity index (χ3n) is 5.18. The van der Waals surface area contributed by atoms with Crippen molar-refractivity contribution in [2.75, 3.05) is 19.4 Å². The smallest absolute Gasteiger partial charge is 0.286 e. The molecule has 0 aliphatic heterocycles. The van der Waals surface area contributed by atoms with Gasteiger partial charge in [0.2, 0.25) is 5.78 Å². The molecule has 0 atom stereocenters. The first kappa shape index (κ1) is 18.6. The Bertz CT molecular complexity index is 1420. The fourth-order valence-corrected chi connectivity index (χ4v) is 3.65. The van der Waals surface area contributed by atoms with Crippen molar-refractivity contribution in [1.29, 1.82) is 0 Å². The number of amides is 1. The third-order valence-corrected chi connectivity index (χ3v) is 5.18. The molecule has 0 aliphatic carbocycles. The monoisotopic (exact) mass is 413 g/mol. The molecule has 1 amide bonds. The first-order valence-corrected chi connectivity index (χ1v) is 9.69. The van der Waals surface area contributed by atoms with Gasteiger partial charge in [-0.3, -0.25) is 9.59 Å². The number of anilines is 1. The number of ketones is 1. The highest BCUT2D eigenvalue weighted by atomic mass is 16.2. The maximum absolute atomic E-state index is 13.2. The summed E-state index contributed by atoms with van der Waals surface area (Å²) in [5.74, 6) is 0.350. The highest BCUT2D eigenvalue weighted by Gasteiger charge is 2.21. The molecule has 5 aromatic rings. The average Bonchev–Trinajstić information content (AvgIpc) is 3.52. The van der Waals surface area contributed by atoms with E-state index in [0.29, 0.717) is 28.1 Å². The van der Waals surface area contributed by atoms with E-state index in [0.717, 1.165) is 16.6 Å². The highest BCUT2D eigenvalue weighted by molar-refractivity contribution is 6.12. The van der Waals surface area contributed by atoms with Crippen molar-refractivity contribution in [3.8, 4) is 5.69 Å². The summed E-state index contributed by atoms with van der Waals surface area (Å²) in [6, 6.07) is 15.0. The van der Waals surface area contributed by atoms with E-state index in [4.69, 9.17) is 0 Å². The van der Waals surface area contributed by atoms with Gasteiger partial charge in [-0.15, -0.1) is 0 Å². The van der Waals surface area contributed by atoms with Crippen LogP contribution in [0, 0.1) is 0 Å². The van der Waals surface area contributed by atoms with E-state index in [2.05, 4.69) is 30.7 Å². The first-order valence-electron chi connectivity index (χ1n) is 9.69. The molecule has 9 nitrogen and oxygen atoms in total. The molecule has 0 aliphatic rings. The van der Waals surface area contributed by atoms with Gasteiger partial charge in [0.15, 0.2) is 5.82 Å². The quantitative estimate of drug-likeness (QED) is 0.330. The number of H-pyrrole nitrogens is 2. The largest absolute Gasteiger partial charge is 0.372 e. The Kier molecular flexibility index (Phi) is 4.28. The van der Waals surface area contributed by atoms with Crippen molar-refractivity contribution >= 4 is 39.4 Å². The van der Waals surface area contributed by atoms with Gasteiger partial charge in [0.05, 0.1) is 34.2 Å². The summed E-state index contributed by atoms with van der Waals surface area (Å²) in [5, 5.41) is 11.0. The molecule has 9 heteroatoms. The van der Waals surface area contributed by atoms with Gasteiger partial charge in [-0.25, -0.2) is 9.67 Å². The van der Waals surface area contributed by atoms with Crippen LogP contribution in [-0.4, -0.2) is 50.5 Å². The Morgan fingerprint density at radius 1 is 1.00 bits per heavy atom. The van der Waals surface area contributed by atoms with Gasteiger partial charge in [-0.1, -0.05) is 18.2 Å². The van der Waals surface area contributed by atoms with E-state index in [1.54, 1.807) is 31.0 Å². The number of rotatable bonds is 5. The number of para-hydroxylation sites is 1. The summed E-state index contributed by atoms with van der Waals surface area (Å²) in [6.07, 6.45) is 1.55. The number of fused-ring (bicyclic) bond motifs is 2. The molecule has 0 saturated carbocycles. The van der Waals surface area contributed by atoms with Crippen LogP contribution >= 0.6 is 0 Å². The fourth-order valence-electron chi connectivity index (χ4n) is 3.65. The van der Waals surface area contributed by atoms with Crippen LogP contribution in [0.5, 0.6) is 0 Å². The van der Waals surface area contributed by atoms with Crippen LogP contribution in [-0.2, 0) is 0 Å². The maximum Gasteiger partial charge on any atom is 0.286 e. The highest BCUT2D eigenvalue weighted by Crippen LogP contribution is 2.25. The Labute approximate surface area is 176 Å². The lowest BCUT2D eigenvalue weighted by Gasteiger charge is -2.08. The minimum absolute atomic E-state index is 0.156. The Balaban J connectivity index is 1.55.